The summed E-state index contributed by atoms with van der Waals surface area (Å²) in [5, 5.41) is 0. The second kappa shape index (κ2) is 7.15. The fourth-order valence-electron chi connectivity index (χ4n) is 5.24. The monoisotopic (exact) mass is 430 g/mol. The summed E-state index contributed by atoms with van der Waals surface area (Å²) in [7, 11) is 1.59. The summed E-state index contributed by atoms with van der Waals surface area (Å²) in [5.74, 6) is -1.69. The number of nitrogens with zero attached hydrogens (tertiary/aromatic N) is 2. The number of ether oxygens (including phenoxy) is 1. The van der Waals surface area contributed by atoms with E-state index in [1.807, 2.05) is 35.3 Å². The number of benzene rings is 2. The van der Waals surface area contributed by atoms with Crippen LogP contribution in [0.5, 0.6) is 5.75 Å². The van der Waals surface area contributed by atoms with Gasteiger partial charge in [-0.2, -0.15) is 0 Å². The van der Waals surface area contributed by atoms with Gasteiger partial charge in [0.05, 0.1) is 30.7 Å². The van der Waals surface area contributed by atoms with Crippen LogP contribution in [0.15, 0.2) is 48.5 Å². The number of rotatable bonds is 4. The van der Waals surface area contributed by atoms with Gasteiger partial charge in [-0.3, -0.25) is 19.2 Å². The number of carbonyl (C=O) groups is 4. The van der Waals surface area contributed by atoms with Crippen LogP contribution in [0.1, 0.15) is 29.8 Å². The summed E-state index contributed by atoms with van der Waals surface area (Å²) in [6.45, 7) is 2.92. The van der Waals surface area contributed by atoms with Crippen LogP contribution in [0, 0.1) is 11.8 Å². The summed E-state index contributed by atoms with van der Waals surface area (Å²) in [6.07, 6.45) is 3.82. The quantitative estimate of drug-likeness (QED) is 0.548. The predicted octanol–water partition coefficient (Wildman–Crippen LogP) is 2.88. The zero-order chi connectivity index (χ0) is 22.7. The third-order valence-corrected chi connectivity index (χ3v) is 6.66. The van der Waals surface area contributed by atoms with Crippen LogP contribution in [0.25, 0.3) is 6.08 Å². The molecule has 0 aromatic heterocycles. The molecule has 7 heteroatoms. The lowest BCUT2D eigenvalue weighted by Crippen LogP contribution is -2.48. The average Bonchev–Trinajstić information content (AvgIpc) is 3.26. The van der Waals surface area contributed by atoms with Gasteiger partial charge >= 0.3 is 0 Å². The van der Waals surface area contributed by atoms with Crippen molar-refractivity contribution in [3.63, 3.8) is 0 Å². The molecule has 2 aromatic carbocycles. The van der Waals surface area contributed by atoms with Crippen LogP contribution >= 0.6 is 0 Å². The molecule has 3 heterocycles. The minimum Gasteiger partial charge on any atom is -0.497 e. The molecular weight excluding hydrogens is 408 g/mol. The summed E-state index contributed by atoms with van der Waals surface area (Å²) in [5.41, 5.74) is 2.61. The number of imide groups is 1. The fraction of sp³-hybridized carbons (Fsp3) is 0.280. The van der Waals surface area contributed by atoms with Crippen LogP contribution in [-0.2, 0) is 14.4 Å². The van der Waals surface area contributed by atoms with E-state index >= 15 is 0 Å². The molecule has 0 spiro atoms. The summed E-state index contributed by atoms with van der Waals surface area (Å²) in [6, 6.07) is 10.8. The number of Topliss-reactive ketones (excluding diaryl/α,β-unsaturated/α-hetero) is 2. The molecular formula is C25H22N2O5. The molecule has 2 amide bonds. The van der Waals surface area contributed by atoms with E-state index in [0.717, 1.165) is 11.3 Å². The minimum atomic E-state index is -0.768. The maximum atomic E-state index is 13.5. The number of hydrogen-bond donors (Lipinski definition) is 0. The molecule has 3 aliphatic heterocycles. The molecule has 32 heavy (non-hydrogen) atoms. The van der Waals surface area contributed by atoms with Crippen LogP contribution in [0.4, 0.5) is 11.4 Å². The Bertz CT molecular complexity index is 1200. The predicted molar refractivity (Wildman–Crippen MR) is 119 cm³/mol. The molecule has 0 unspecified atom stereocenters. The maximum Gasteiger partial charge on any atom is 0.240 e. The SMILES string of the molecule is COc1ccc2c(c1)C=C[C@@H]1[C@H]3C(=O)N(c4ccc(C(C)=O)cc4)C(=O)[C@H]3[C@@H](C(C)=O)N21. The Kier molecular flexibility index (Phi) is 4.51. The molecule has 4 atom stereocenters. The highest BCUT2D eigenvalue weighted by Crippen LogP contribution is 2.49. The van der Waals surface area contributed by atoms with Crippen molar-refractivity contribution in [1.82, 2.24) is 0 Å². The first-order valence-corrected chi connectivity index (χ1v) is 10.5. The van der Waals surface area contributed by atoms with Gasteiger partial charge in [0, 0.05) is 16.8 Å². The third kappa shape index (κ3) is 2.74. The second-order valence-corrected chi connectivity index (χ2v) is 8.40. The summed E-state index contributed by atoms with van der Waals surface area (Å²) < 4.78 is 5.31. The smallest absolute Gasteiger partial charge is 0.240 e. The topological polar surface area (TPSA) is 84.0 Å². The van der Waals surface area contributed by atoms with Crippen molar-refractivity contribution in [3.8, 4) is 5.75 Å². The largest absolute Gasteiger partial charge is 0.497 e. The molecule has 2 aromatic rings. The number of ketones is 2. The van der Waals surface area contributed by atoms with Gasteiger partial charge < -0.3 is 9.64 Å². The van der Waals surface area contributed by atoms with Gasteiger partial charge in [0.25, 0.3) is 0 Å². The highest BCUT2D eigenvalue weighted by Gasteiger charge is 2.63. The summed E-state index contributed by atoms with van der Waals surface area (Å²) >= 11 is 0. The molecule has 0 radical (unpaired) electrons. The number of hydrogen-bond acceptors (Lipinski definition) is 6. The van der Waals surface area contributed by atoms with E-state index < -0.39 is 23.9 Å². The van der Waals surface area contributed by atoms with Gasteiger partial charge in [-0.25, -0.2) is 4.90 Å². The van der Waals surface area contributed by atoms with Crippen molar-refractivity contribution < 1.29 is 23.9 Å². The van der Waals surface area contributed by atoms with Gasteiger partial charge in [-0.1, -0.05) is 12.2 Å². The van der Waals surface area contributed by atoms with Crippen molar-refractivity contribution in [2.45, 2.75) is 25.9 Å². The van der Waals surface area contributed by atoms with Crippen molar-refractivity contribution in [2.24, 2.45) is 11.8 Å². The first-order chi connectivity index (χ1) is 15.3. The lowest BCUT2D eigenvalue weighted by Gasteiger charge is -2.36. The van der Waals surface area contributed by atoms with Crippen LogP contribution in [0.2, 0.25) is 0 Å². The molecule has 0 saturated carbocycles. The molecule has 0 aliphatic carbocycles. The molecule has 7 nitrogen and oxygen atoms in total. The van der Waals surface area contributed by atoms with E-state index in [0.29, 0.717) is 17.0 Å². The molecule has 162 valence electrons. The highest BCUT2D eigenvalue weighted by atomic mass is 16.5. The van der Waals surface area contributed by atoms with E-state index in [-0.39, 0.29) is 23.4 Å². The first-order valence-electron chi connectivity index (χ1n) is 10.5. The van der Waals surface area contributed by atoms with E-state index in [4.69, 9.17) is 4.74 Å². The van der Waals surface area contributed by atoms with Crippen molar-refractivity contribution in [2.75, 3.05) is 16.9 Å². The van der Waals surface area contributed by atoms with E-state index in [9.17, 15) is 19.2 Å². The van der Waals surface area contributed by atoms with E-state index in [1.165, 1.54) is 18.7 Å². The van der Waals surface area contributed by atoms with Gasteiger partial charge in [-0.05, 0) is 56.3 Å². The maximum absolute atomic E-state index is 13.5. The Morgan fingerprint density at radius 2 is 1.62 bits per heavy atom. The third-order valence-electron chi connectivity index (χ3n) is 6.66. The second-order valence-electron chi connectivity index (χ2n) is 8.40. The van der Waals surface area contributed by atoms with E-state index in [2.05, 4.69) is 0 Å². The molecule has 0 N–H and O–H groups in total. The Morgan fingerprint density at radius 1 is 0.938 bits per heavy atom. The number of carbonyl (C=O) groups excluding carboxylic acids is 4. The zero-order valence-electron chi connectivity index (χ0n) is 17.9. The van der Waals surface area contributed by atoms with Gasteiger partial charge in [-0.15, -0.1) is 0 Å². The Balaban J connectivity index is 1.57. The number of methoxy groups -OCH3 is 1. The lowest BCUT2D eigenvalue weighted by atomic mass is 9.88. The lowest BCUT2D eigenvalue weighted by molar-refractivity contribution is -0.126. The highest BCUT2D eigenvalue weighted by molar-refractivity contribution is 6.24. The van der Waals surface area contributed by atoms with Crippen LogP contribution in [-0.4, -0.2) is 42.6 Å². The Hall–Kier alpha value is -3.74. The summed E-state index contributed by atoms with van der Waals surface area (Å²) in [4.78, 5) is 54.4. The first kappa shape index (κ1) is 20.2. The Morgan fingerprint density at radius 3 is 2.25 bits per heavy atom. The minimum absolute atomic E-state index is 0.0950. The van der Waals surface area contributed by atoms with E-state index in [1.54, 1.807) is 31.4 Å². The Labute approximate surface area is 185 Å². The molecule has 5 rings (SSSR count). The van der Waals surface area contributed by atoms with Crippen molar-refractivity contribution in [3.05, 3.63) is 59.7 Å². The average molecular weight is 430 g/mol. The van der Waals surface area contributed by atoms with Crippen LogP contribution < -0.4 is 14.5 Å². The number of amides is 2. The van der Waals surface area contributed by atoms with Crippen molar-refractivity contribution in [1.29, 1.82) is 0 Å². The molecule has 2 fully saturated rings. The van der Waals surface area contributed by atoms with Crippen molar-refractivity contribution >= 4 is 40.8 Å². The number of fused-ring (bicyclic) bond motifs is 5. The molecule has 3 aliphatic rings. The molecule has 0 bridgehead atoms. The zero-order valence-corrected chi connectivity index (χ0v) is 17.9. The standard InChI is InChI=1S/C25H22N2O5/c1-13(28)15-4-7-17(8-5-15)26-24(30)21-20-10-6-16-12-18(32-3)9-11-19(16)27(20)23(14(2)29)22(21)25(26)31/h4-12,20-23H,1-3H3/t20-,21-,22-,23-/m1/s1. The molecule has 2 saturated heterocycles. The fourth-order valence-corrected chi connectivity index (χ4v) is 5.24. The number of anilines is 2. The van der Waals surface area contributed by atoms with Gasteiger partial charge in [0.2, 0.25) is 11.8 Å². The van der Waals surface area contributed by atoms with Gasteiger partial charge in [0.1, 0.15) is 11.8 Å². The normalized spacial score (nSPS) is 25.5. The van der Waals surface area contributed by atoms with Crippen LogP contribution in [0.3, 0.4) is 0 Å². The van der Waals surface area contributed by atoms with Gasteiger partial charge in [0.15, 0.2) is 11.6 Å².